The largest absolute Gasteiger partial charge is 0.339 e. The topological polar surface area (TPSA) is 49.4 Å². The van der Waals surface area contributed by atoms with Crippen LogP contribution in [0.25, 0.3) is 0 Å². The quantitative estimate of drug-likeness (QED) is 0.925. The van der Waals surface area contributed by atoms with Gasteiger partial charge in [-0.15, -0.1) is 0 Å². The molecule has 1 saturated carbocycles. The molecule has 0 radical (unpaired) electrons. The third kappa shape index (κ3) is 2.80. The molecule has 4 nitrogen and oxygen atoms in total. The molecule has 1 aromatic carbocycles. The molecule has 2 fully saturated rings. The normalized spacial score (nSPS) is 22.2. The van der Waals surface area contributed by atoms with Gasteiger partial charge in [0, 0.05) is 24.7 Å². The van der Waals surface area contributed by atoms with Crippen LogP contribution in [0, 0.1) is 5.92 Å². The first-order chi connectivity index (χ1) is 10.2. The number of aryl methyl sites for hydroxylation is 1. The highest BCUT2D eigenvalue weighted by molar-refractivity contribution is 5.97. The van der Waals surface area contributed by atoms with Gasteiger partial charge in [0.05, 0.1) is 5.92 Å². The molecule has 2 amide bonds. The number of para-hydroxylation sites is 1. The molecule has 3 rings (SSSR count). The summed E-state index contributed by atoms with van der Waals surface area (Å²) in [4.78, 5) is 26.4. The fourth-order valence-corrected chi connectivity index (χ4v) is 3.14. The van der Waals surface area contributed by atoms with E-state index in [1.165, 1.54) is 6.42 Å². The van der Waals surface area contributed by atoms with Crippen molar-refractivity contribution in [1.29, 1.82) is 0 Å². The van der Waals surface area contributed by atoms with Gasteiger partial charge in [-0.05, 0) is 37.3 Å². The fourth-order valence-electron chi connectivity index (χ4n) is 3.14. The van der Waals surface area contributed by atoms with E-state index in [1.807, 2.05) is 29.2 Å². The zero-order valence-electron chi connectivity index (χ0n) is 12.5. The lowest BCUT2D eigenvalue weighted by atomic mass is 9.92. The van der Waals surface area contributed by atoms with Crippen molar-refractivity contribution < 1.29 is 9.59 Å². The first kappa shape index (κ1) is 14.1. The number of carbonyl (C=O) groups excluding carboxylic acids is 2. The molecule has 4 heteroatoms. The molecule has 2 aliphatic rings. The third-order valence-corrected chi connectivity index (χ3v) is 4.70. The van der Waals surface area contributed by atoms with Gasteiger partial charge in [0.15, 0.2) is 0 Å². The van der Waals surface area contributed by atoms with E-state index in [9.17, 15) is 9.59 Å². The Morgan fingerprint density at radius 1 is 1.33 bits per heavy atom. The maximum atomic E-state index is 12.4. The number of benzene rings is 1. The lowest BCUT2D eigenvalue weighted by Gasteiger charge is -2.34. The highest BCUT2D eigenvalue weighted by Crippen LogP contribution is 2.31. The molecular formula is C17H22N2O2. The Labute approximate surface area is 125 Å². The zero-order chi connectivity index (χ0) is 14.8. The van der Waals surface area contributed by atoms with Crippen LogP contribution in [0.5, 0.6) is 0 Å². The molecule has 1 aromatic rings. The van der Waals surface area contributed by atoms with E-state index in [0.29, 0.717) is 19.0 Å². The molecule has 1 N–H and O–H groups in total. The molecule has 1 aliphatic carbocycles. The van der Waals surface area contributed by atoms with Gasteiger partial charge in [-0.3, -0.25) is 9.59 Å². The van der Waals surface area contributed by atoms with E-state index in [0.717, 1.165) is 30.5 Å². The van der Waals surface area contributed by atoms with Gasteiger partial charge in [-0.1, -0.05) is 25.1 Å². The average Bonchev–Trinajstić information content (AvgIpc) is 2.80. The van der Waals surface area contributed by atoms with E-state index in [-0.39, 0.29) is 17.7 Å². The van der Waals surface area contributed by atoms with E-state index in [4.69, 9.17) is 0 Å². The number of hydrogen-bond acceptors (Lipinski definition) is 2. The van der Waals surface area contributed by atoms with Gasteiger partial charge < -0.3 is 10.2 Å². The lowest BCUT2D eigenvalue weighted by molar-refractivity contribution is -0.131. The number of rotatable bonds is 4. The van der Waals surface area contributed by atoms with Crippen molar-refractivity contribution in [1.82, 2.24) is 4.90 Å². The monoisotopic (exact) mass is 286 g/mol. The average molecular weight is 286 g/mol. The van der Waals surface area contributed by atoms with Crippen molar-refractivity contribution in [2.24, 2.45) is 5.92 Å². The number of likely N-dealkylation sites (tertiary alicyclic amines) is 1. The predicted molar refractivity (Wildman–Crippen MR) is 81.9 cm³/mol. The summed E-state index contributed by atoms with van der Waals surface area (Å²) in [5.74, 6) is -0.0855. The van der Waals surface area contributed by atoms with Crippen LogP contribution in [0.1, 0.15) is 38.2 Å². The molecule has 1 saturated heterocycles. The summed E-state index contributed by atoms with van der Waals surface area (Å²) >= 11 is 0. The molecule has 112 valence electrons. The minimum absolute atomic E-state index is 0.0222. The van der Waals surface area contributed by atoms with Crippen LogP contribution in [-0.2, 0) is 16.0 Å². The van der Waals surface area contributed by atoms with E-state index < -0.39 is 0 Å². The molecule has 1 heterocycles. The van der Waals surface area contributed by atoms with Gasteiger partial charge in [-0.25, -0.2) is 0 Å². The van der Waals surface area contributed by atoms with Crippen molar-refractivity contribution in [3.05, 3.63) is 29.8 Å². The standard InChI is InChI=1S/C17H22N2O2/c1-2-12-6-3-4-9-15(12)18-17(21)13-10-16(20)19(11-13)14-7-5-8-14/h3-4,6,9,13-14H,2,5,7-8,10-11H2,1H3,(H,18,21). The summed E-state index contributed by atoms with van der Waals surface area (Å²) in [6.45, 7) is 2.66. The van der Waals surface area contributed by atoms with Crippen LogP contribution in [0.15, 0.2) is 24.3 Å². The Morgan fingerprint density at radius 2 is 2.10 bits per heavy atom. The van der Waals surface area contributed by atoms with Crippen molar-refractivity contribution in [3.8, 4) is 0 Å². The molecule has 1 aliphatic heterocycles. The molecule has 1 unspecified atom stereocenters. The summed E-state index contributed by atoms with van der Waals surface area (Å²) in [6, 6.07) is 8.24. The van der Waals surface area contributed by atoms with Crippen molar-refractivity contribution in [2.45, 2.75) is 45.1 Å². The number of amides is 2. The smallest absolute Gasteiger partial charge is 0.229 e. The van der Waals surface area contributed by atoms with E-state index in [2.05, 4.69) is 12.2 Å². The van der Waals surface area contributed by atoms with Gasteiger partial charge in [0.2, 0.25) is 11.8 Å². The van der Waals surface area contributed by atoms with E-state index >= 15 is 0 Å². The second-order valence-electron chi connectivity index (χ2n) is 6.03. The molecule has 0 bridgehead atoms. The predicted octanol–water partition coefficient (Wildman–Crippen LogP) is 2.59. The number of carbonyl (C=O) groups is 2. The van der Waals surface area contributed by atoms with Gasteiger partial charge in [0.25, 0.3) is 0 Å². The minimum Gasteiger partial charge on any atom is -0.339 e. The molecule has 21 heavy (non-hydrogen) atoms. The maximum absolute atomic E-state index is 12.4. The summed E-state index contributed by atoms with van der Waals surface area (Å²) in [5, 5.41) is 3.00. The minimum atomic E-state index is -0.206. The highest BCUT2D eigenvalue weighted by Gasteiger charge is 2.39. The summed E-state index contributed by atoms with van der Waals surface area (Å²) in [6.07, 6.45) is 4.64. The summed E-state index contributed by atoms with van der Waals surface area (Å²) < 4.78 is 0. The zero-order valence-corrected chi connectivity index (χ0v) is 12.5. The first-order valence-corrected chi connectivity index (χ1v) is 7.87. The second-order valence-corrected chi connectivity index (χ2v) is 6.03. The van der Waals surface area contributed by atoms with Crippen molar-refractivity contribution in [2.75, 3.05) is 11.9 Å². The molecule has 0 aromatic heterocycles. The summed E-state index contributed by atoms with van der Waals surface area (Å²) in [5.41, 5.74) is 2.01. The van der Waals surface area contributed by atoms with Crippen LogP contribution in [0.2, 0.25) is 0 Å². The van der Waals surface area contributed by atoms with E-state index in [1.54, 1.807) is 0 Å². The maximum Gasteiger partial charge on any atom is 0.229 e. The van der Waals surface area contributed by atoms with Crippen LogP contribution in [-0.4, -0.2) is 29.3 Å². The molecular weight excluding hydrogens is 264 g/mol. The van der Waals surface area contributed by atoms with Gasteiger partial charge in [0.1, 0.15) is 0 Å². The molecule has 0 spiro atoms. The Hall–Kier alpha value is -1.84. The van der Waals surface area contributed by atoms with Crippen LogP contribution in [0.4, 0.5) is 5.69 Å². The van der Waals surface area contributed by atoms with Crippen LogP contribution >= 0.6 is 0 Å². The number of nitrogens with one attached hydrogen (secondary N) is 1. The first-order valence-electron chi connectivity index (χ1n) is 7.87. The second kappa shape index (κ2) is 5.88. The van der Waals surface area contributed by atoms with Crippen LogP contribution < -0.4 is 5.32 Å². The van der Waals surface area contributed by atoms with Crippen LogP contribution in [0.3, 0.4) is 0 Å². The Balaban J connectivity index is 1.64. The Kier molecular flexibility index (Phi) is 3.95. The highest BCUT2D eigenvalue weighted by atomic mass is 16.2. The lowest BCUT2D eigenvalue weighted by Crippen LogP contribution is -2.41. The van der Waals surface area contributed by atoms with Gasteiger partial charge >= 0.3 is 0 Å². The van der Waals surface area contributed by atoms with Crippen molar-refractivity contribution >= 4 is 17.5 Å². The number of anilines is 1. The Morgan fingerprint density at radius 3 is 2.76 bits per heavy atom. The van der Waals surface area contributed by atoms with Gasteiger partial charge in [-0.2, -0.15) is 0 Å². The third-order valence-electron chi connectivity index (χ3n) is 4.70. The Bertz CT molecular complexity index is 551. The summed E-state index contributed by atoms with van der Waals surface area (Å²) in [7, 11) is 0. The molecule has 1 atom stereocenters. The fraction of sp³-hybridized carbons (Fsp3) is 0.529. The number of hydrogen-bond donors (Lipinski definition) is 1. The van der Waals surface area contributed by atoms with Crippen molar-refractivity contribution in [3.63, 3.8) is 0 Å². The SMILES string of the molecule is CCc1ccccc1NC(=O)C1CC(=O)N(C2CCC2)C1. The number of nitrogens with zero attached hydrogens (tertiary/aromatic N) is 1.